The highest BCUT2D eigenvalue weighted by Gasteiger charge is 2.20. The van der Waals surface area contributed by atoms with Crippen LogP contribution >= 0.6 is 11.8 Å². The van der Waals surface area contributed by atoms with E-state index >= 15 is 0 Å². The first-order chi connectivity index (χ1) is 12.7. The Labute approximate surface area is 159 Å². The van der Waals surface area contributed by atoms with Crippen LogP contribution in [-0.2, 0) is 11.3 Å². The Balaban J connectivity index is 1.61. The Hall–Kier alpha value is -1.89. The Kier molecular flexibility index (Phi) is 6.66. The lowest BCUT2D eigenvalue weighted by Crippen LogP contribution is -2.38. The molecule has 1 aliphatic carbocycles. The molecule has 1 fully saturated rings. The highest BCUT2D eigenvalue weighted by atomic mass is 32.2. The van der Waals surface area contributed by atoms with Gasteiger partial charge in [0.2, 0.25) is 5.91 Å². The molecule has 26 heavy (non-hydrogen) atoms. The van der Waals surface area contributed by atoms with Crippen molar-refractivity contribution in [2.45, 2.75) is 63.7 Å². The first-order valence-electron chi connectivity index (χ1n) is 9.43. The van der Waals surface area contributed by atoms with Crippen LogP contribution < -0.4 is 5.32 Å². The first kappa shape index (κ1) is 18.9. The van der Waals surface area contributed by atoms with Gasteiger partial charge in [0.25, 0.3) is 0 Å². The van der Waals surface area contributed by atoms with E-state index in [0.29, 0.717) is 11.8 Å². The summed E-state index contributed by atoms with van der Waals surface area (Å²) in [6.45, 7) is 5.24. The lowest BCUT2D eigenvalue weighted by molar-refractivity contribution is -0.119. The topological polar surface area (TPSA) is 72.7 Å². The van der Waals surface area contributed by atoms with E-state index in [1.807, 2.05) is 12.1 Å². The van der Waals surface area contributed by atoms with Crippen molar-refractivity contribution in [2.24, 2.45) is 5.92 Å². The molecule has 1 amide bonds. The number of hydrogen-bond donors (Lipinski definition) is 1. The summed E-state index contributed by atoms with van der Waals surface area (Å²) in [5, 5.41) is 12.6. The van der Waals surface area contributed by atoms with E-state index in [9.17, 15) is 4.79 Å². The molecule has 0 atom stereocenters. The van der Waals surface area contributed by atoms with Crippen molar-refractivity contribution in [3.8, 4) is 11.4 Å². The maximum atomic E-state index is 12.3. The van der Waals surface area contributed by atoms with Gasteiger partial charge in [-0.2, -0.15) is 0 Å². The Morgan fingerprint density at radius 2 is 1.96 bits per heavy atom. The van der Waals surface area contributed by atoms with Crippen LogP contribution in [0.4, 0.5) is 0 Å². The summed E-state index contributed by atoms with van der Waals surface area (Å²) in [4.78, 5) is 16.4. The van der Waals surface area contributed by atoms with E-state index in [-0.39, 0.29) is 5.91 Å². The number of amides is 1. The molecule has 7 heteroatoms. The quantitative estimate of drug-likeness (QED) is 0.752. The molecule has 3 rings (SSSR count). The van der Waals surface area contributed by atoms with Crippen LogP contribution in [0.5, 0.6) is 0 Å². The van der Waals surface area contributed by atoms with Gasteiger partial charge in [-0.25, -0.2) is 0 Å². The Bertz CT molecular complexity index is 710. The van der Waals surface area contributed by atoms with Gasteiger partial charge in [0.1, 0.15) is 0 Å². The maximum absolute atomic E-state index is 12.3. The van der Waals surface area contributed by atoms with E-state index in [4.69, 9.17) is 0 Å². The van der Waals surface area contributed by atoms with E-state index < -0.39 is 0 Å². The predicted molar refractivity (Wildman–Crippen MR) is 104 cm³/mol. The van der Waals surface area contributed by atoms with Crippen LogP contribution in [0.25, 0.3) is 11.4 Å². The van der Waals surface area contributed by atoms with Crippen molar-refractivity contribution >= 4 is 17.7 Å². The number of rotatable bonds is 7. The van der Waals surface area contributed by atoms with Crippen LogP contribution in [0.3, 0.4) is 0 Å². The molecule has 140 valence electrons. The molecule has 0 spiro atoms. The maximum Gasteiger partial charge on any atom is 0.230 e. The summed E-state index contributed by atoms with van der Waals surface area (Å²) in [6.07, 6.45) is 9.09. The molecule has 0 bridgehead atoms. The number of carbonyl (C=O) groups excluding carboxylic acids is 1. The van der Waals surface area contributed by atoms with Gasteiger partial charge in [-0.15, -0.1) is 10.2 Å². The summed E-state index contributed by atoms with van der Waals surface area (Å²) >= 11 is 1.46. The second-order valence-electron chi connectivity index (χ2n) is 7.01. The fourth-order valence-electron chi connectivity index (χ4n) is 3.34. The monoisotopic (exact) mass is 373 g/mol. The first-order valence-corrected chi connectivity index (χ1v) is 10.4. The number of thioether (sulfide) groups is 1. The molecule has 2 aromatic heterocycles. The zero-order valence-corrected chi connectivity index (χ0v) is 16.3. The molecule has 0 aromatic carbocycles. The van der Waals surface area contributed by atoms with Crippen LogP contribution in [-0.4, -0.2) is 37.5 Å². The van der Waals surface area contributed by atoms with E-state index in [0.717, 1.165) is 48.3 Å². The fraction of sp³-hybridized carbons (Fsp3) is 0.579. The van der Waals surface area contributed by atoms with Crippen LogP contribution in [0.2, 0.25) is 0 Å². The average molecular weight is 374 g/mol. The molecule has 6 nitrogen and oxygen atoms in total. The van der Waals surface area contributed by atoms with Crippen molar-refractivity contribution < 1.29 is 4.79 Å². The molecule has 0 saturated heterocycles. The summed E-state index contributed by atoms with van der Waals surface area (Å²) in [7, 11) is 0. The SMILES string of the molecule is CCCn1c(SCC(=O)NC2CCC(C)CC2)nnc1-c1ccncc1. The van der Waals surface area contributed by atoms with Crippen LogP contribution in [0.15, 0.2) is 29.7 Å². The fourth-order valence-corrected chi connectivity index (χ4v) is 4.11. The highest BCUT2D eigenvalue weighted by molar-refractivity contribution is 7.99. The predicted octanol–water partition coefficient (Wildman–Crippen LogP) is 3.54. The minimum absolute atomic E-state index is 0.0889. The summed E-state index contributed by atoms with van der Waals surface area (Å²) in [5.41, 5.74) is 0.994. The third-order valence-corrected chi connectivity index (χ3v) is 5.78. The van der Waals surface area contributed by atoms with Gasteiger partial charge in [-0.1, -0.05) is 25.6 Å². The minimum atomic E-state index is 0.0889. The molecule has 0 radical (unpaired) electrons. The molecule has 0 unspecified atom stereocenters. The minimum Gasteiger partial charge on any atom is -0.353 e. The lowest BCUT2D eigenvalue weighted by atomic mass is 9.87. The zero-order chi connectivity index (χ0) is 18.4. The molecule has 2 heterocycles. The smallest absolute Gasteiger partial charge is 0.230 e. The van der Waals surface area contributed by atoms with Crippen molar-refractivity contribution in [1.82, 2.24) is 25.1 Å². The van der Waals surface area contributed by atoms with Gasteiger partial charge in [0.05, 0.1) is 5.75 Å². The van der Waals surface area contributed by atoms with E-state index in [1.54, 1.807) is 12.4 Å². The number of aromatic nitrogens is 4. The van der Waals surface area contributed by atoms with Gasteiger partial charge >= 0.3 is 0 Å². The number of nitrogens with zero attached hydrogens (tertiary/aromatic N) is 4. The molecule has 1 N–H and O–H groups in total. The normalized spacial score (nSPS) is 20.1. The summed E-state index contributed by atoms with van der Waals surface area (Å²) < 4.78 is 2.09. The average Bonchev–Trinajstić information content (AvgIpc) is 3.06. The van der Waals surface area contributed by atoms with E-state index in [2.05, 4.69) is 38.9 Å². The van der Waals surface area contributed by atoms with Gasteiger partial charge in [0.15, 0.2) is 11.0 Å². The second kappa shape index (κ2) is 9.16. The van der Waals surface area contributed by atoms with Crippen LogP contribution in [0, 0.1) is 5.92 Å². The second-order valence-corrected chi connectivity index (χ2v) is 7.95. The van der Waals surface area contributed by atoms with Gasteiger partial charge in [-0.3, -0.25) is 9.78 Å². The number of pyridine rings is 1. The van der Waals surface area contributed by atoms with Crippen LogP contribution in [0.1, 0.15) is 46.0 Å². The van der Waals surface area contributed by atoms with Crippen molar-refractivity contribution in [1.29, 1.82) is 0 Å². The van der Waals surface area contributed by atoms with Gasteiger partial charge in [0, 0.05) is 30.5 Å². The molecule has 1 aliphatic rings. The van der Waals surface area contributed by atoms with Crippen molar-refractivity contribution in [3.05, 3.63) is 24.5 Å². The third-order valence-electron chi connectivity index (χ3n) is 4.82. The van der Waals surface area contributed by atoms with Crippen molar-refractivity contribution in [2.75, 3.05) is 5.75 Å². The molecule has 1 saturated carbocycles. The zero-order valence-electron chi connectivity index (χ0n) is 15.5. The Morgan fingerprint density at radius 1 is 1.23 bits per heavy atom. The standard InChI is InChI=1S/C19H27N5OS/c1-3-12-24-18(15-8-10-20-11-9-15)22-23-19(24)26-13-17(25)21-16-6-4-14(2)5-7-16/h8-11,14,16H,3-7,12-13H2,1-2H3,(H,21,25). The highest BCUT2D eigenvalue weighted by Crippen LogP contribution is 2.25. The molecule has 0 aliphatic heterocycles. The largest absolute Gasteiger partial charge is 0.353 e. The van der Waals surface area contributed by atoms with Gasteiger partial charge < -0.3 is 9.88 Å². The molecular formula is C19H27N5OS. The lowest BCUT2D eigenvalue weighted by Gasteiger charge is -2.26. The van der Waals surface area contributed by atoms with E-state index in [1.165, 1.54) is 24.6 Å². The molecular weight excluding hydrogens is 346 g/mol. The van der Waals surface area contributed by atoms with Gasteiger partial charge in [-0.05, 0) is 50.2 Å². The molecule has 2 aromatic rings. The number of carbonyl (C=O) groups is 1. The third kappa shape index (κ3) is 4.84. The summed E-state index contributed by atoms with van der Waals surface area (Å²) in [5.74, 6) is 2.09. The number of nitrogens with one attached hydrogen (secondary N) is 1. The summed E-state index contributed by atoms with van der Waals surface area (Å²) in [6, 6.07) is 4.20. The number of hydrogen-bond acceptors (Lipinski definition) is 5. The van der Waals surface area contributed by atoms with Crippen molar-refractivity contribution in [3.63, 3.8) is 0 Å². The Morgan fingerprint density at radius 3 is 2.65 bits per heavy atom.